The van der Waals surface area contributed by atoms with Crippen LogP contribution in [0.25, 0.3) is 0 Å². The third kappa shape index (κ3) is 3.64. The van der Waals surface area contributed by atoms with Crippen molar-refractivity contribution in [2.75, 3.05) is 19.9 Å². The zero-order chi connectivity index (χ0) is 13.7. The average Bonchev–Trinajstić information content (AvgIpc) is 2.46. The summed E-state index contributed by atoms with van der Waals surface area (Å²) in [7, 11) is 1.68. The highest BCUT2D eigenvalue weighted by Crippen LogP contribution is 2.28. The van der Waals surface area contributed by atoms with Gasteiger partial charge in [0.2, 0.25) is 5.91 Å². The number of hydrogen-bond acceptors (Lipinski definition) is 4. The topological polar surface area (TPSA) is 50.4 Å². The Balaban J connectivity index is 1.97. The smallest absolute Gasteiger partial charge is 0.237 e. The Kier molecular flexibility index (Phi) is 5.10. The summed E-state index contributed by atoms with van der Waals surface area (Å²) in [6.07, 6.45) is 3.98. The van der Waals surface area contributed by atoms with E-state index in [-0.39, 0.29) is 11.9 Å². The summed E-state index contributed by atoms with van der Waals surface area (Å²) in [5.41, 5.74) is 1.13. The maximum atomic E-state index is 11.6. The van der Waals surface area contributed by atoms with E-state index in [1.807, 2.05) is 12.3 Å². The van der Waals surface area contributed by atoms with Gasteiger partial charge in [0, 0.05) is 18.0 Å². The molecule has 1 aliphatic heterocycles. The Morgan fingerprint density at radius 2 is 2.37 bits per heavy atom. The highest BCUT2D eigenvalue weighted by Gasteiger charge is 2.20. The molecule has 1 aliphatic rings. The number of carbonyl (C=O) groups excluding carboxylic acids is 1. The predicted octanol–water partition coefficient (Wildman–Crippen LogP) is 1.79. The van der Waals surface area contributed by atoms with Gasteiger partial charge in [0.15, 0.2) is 0 Å². The molecule has 0 unspecified atom stereocenters. The second-order valence-electron chi connectivity index (χ2n) is 4.56. The molecule has 1 fully saturated rings. The first-order valence-electron chi connectivity index (χ1n) is 6.46. The van der Waals surface area contributed by atoms with Gasteiger partial charge in [-0.2, -0.15) is 0 Å². The fourth-order valence-electron chi connectivity index (χ4n) is 2.20. The molecule has 4 nitrogen and oxygen atoms in total. The fourth-order valence-corrected chi connectivity index (χ4v) is 2.75. The van der Waals surface area contributed by atoms with Crippen LogP contribution in [0.1, 0.15) is 18.4 Å². The number of amides is 1. The van der Waals surface area contributed by atoms with Crippen LogP contribution in [0.5, 0.6) is 5.75 Å². The minimum absolute atomic E-state index is 0.0695. The molecule has 1 heterocycles. The number of ether oxygens (including phenoxy) is 1. The first-order valence-corrected chi connectivity index (χ1v) is 7.69. The lowest BCUT2D eigenvalue weighted by Crippen LogP contribution is -2.47. The Morgan fingerprint density at radius 3 is 3.05 bits per heavy atom. The molecular formula is C14H20N2O2S. The van der Waals surface area contributed by atoms with Gasteiger partial charge in [-0.15, -0.1) is 11.8 Å². The molecule has 104 valence electrons. The van der Waals surface area contributed by atoms with Crippen molar-refractivity contribution < 1.29 is 9.53 Å². The van der Waals surface area contributed by atoms with Gasteiger partial charge in [-0.25, -0.2) is 0 Å². The van der Waals surface area contributed by atoms with E-state index in [1.165, 1.54) is 0 Å². The number of carbonyl (C=O) groups is 1. The summed E-state index contributed by atoms with van der Waals surface area (Å²) >= 11 is 1.67. The van der Waals surface area contributed by atoms with Crippen molar-refractivity contribution in [2.24, 2.45) is 0 Å². The van der Waals surface area contributed by atoms with Gasteiger partial charge in [-0.05, 0) is 36.8 Å². The van der Waals surface area contributed by atoms with E-state index in [0.717, 1.165) is 35.6 Å². The van der Waals surface area contributed by atoms with Crippen LogP contribution < -0.4 is 15.4 Å². The molecule has 0 aromatic heterocycles. The molecule has 0 radical (unpaired) electrons. The average molecular weight is 280 g/mol. The van der Waals surface area contributed by atoms with E-state index in [0.29, 0.717) is 6.54 Å². The van der Waals surface area contributed by atoms with Crippen molar-refractivity contribution in [2.45, 2.75) is 30.3 Å². The molecule has 0 spiro atoms. The number of piperidine rings is 1. The number of benzene rings is 1. The van der Waals surface area contributed by atoms with Gasteiger partial charge in [-0.1, -0.05) is 6.07 Å². The molecular weight excluding hydrogens is 260 g/mol. The molecule has 2 N–H and O–H groups in total. The summed E-state index contributed by atoms with van der Waals surface area (Å²) in [6.45, 7) is 1.48. The normalized spacial score (nSPS) is 19.1. The quantitative estimate of drug-likeness (QED) is 0.807. The van der Waals surface area contributed by atoms with Crippen LogP contribution in [0, 0.1) is 0 Å². The Hall–Kier alpha value is -1.20. The molecule has 1 aromatic carbocycles. The van der Waals surface area contributed by atoms with Crippen molar-refractivity contribution in [1.29, 1.82) is 0 Å². The van der Waals surface area contributed by atoms with Crippen molar-refractivity contribution in [3.05, 3.63) is 23.8 Å². The minimum Gasteiger partial charge on any atom is -0.496 e. The van der Waals surface area contributed by atoms with Crippen LogP contribution in [0.2, 0.25) is 0 Å². The first kappa shape index (κ1) is 14.2. The van der Waals surface area contributed by atoms with Crippen molar-refractivity contribution >= 4 is 17.7 Å². The predicted molar refractivity (Wildman–Crippen MR) is 77.6 cm³/mol. The van der Waals surface area contributed by atoms with E-state index < -0.39 is 0 Å². The monoisotopic (exact) mass is 280 g/mol. The Labute approximate surface area is 118 Å². The molecule has 5 heteroatoms. The van der Waals surface area contributed by atoms with Gasteiger partial charge in [0.1, 0.15) is 5.75 Å². The maximum Gasteiger partial charge on any atom is 0.237 e. The molecule has 0 aliphatic carbocycles. The largest absolute Gasteiger partial charge is 0.496 e. The SMILES string of the molecule is COc1cc(CN[C@@H]2CCCNC2=O)ccc1SC. The van der Waals surface area contributed by atoms with Gasteiger partial charge in [0.05, 0.1) is 13.2 Å². The van der Waals surface area contributed by atoms with E-state index >= 15 is 0 Å². The zero-order valence-corrected chi connectivity index (χ0v) is 12.2. The van der Waals surface area contributed by atoms with Crippen LogP contribution in [-0.4, -0.2) is 31.9 Å². The standard InChI is InChI=1S/C14H20N2O2S/c1-18-12-8-10(5-6-13(12)19-2)9-16-11-4-3-7-15-14(11)17/h5-6,8,11,16H,3-4,7,9H2,1-2H3,(H,15,17)/t11-/m1/s1. The molecule has 2 rings (SSSR count). The summed E-state index contributed by atoms with van der Waals surface area (Å²) in [6, 6.07) is 6.09. The summed E-state index contributed by atoms with van der Waals surface area (Å²) in [4.78, 5) is 12.8. The van der Waals surface area contributed by atoms with Crippen molar-refractivity contribution in [3.63, 3.8) is 0 Å². The summed E-state index contributed by atoms with van der Waals surface area (Å²) in [5, 5.41) is 6.18. The van der Waals surface area contributed by atoms with E-state index in [2.05, 4.69) is 22.8 Å². The second-order valence-corrected chi connectivity index (χ2v) is 5.40. The van der Waals surface area contributed by atoms with E-state index in [9.17, 15) is 4.79 Å². The highest BCUT2D eigenvalue weighted by molar-refractivity contribution is 7.98. The zero-order valence-electron chi connectivity index (χ0n) is 11.4. The van der Waals surface area contributed by atoms with Crippen LogP contribution in [-0.2, 0) is 11.3 Å². The van der Waals surface area contributed by atoms with Crippen LogP contribution in [0.4, 0.5) is 0 Å². The van der Waals surface area contributed by atoms with Gasteiger partial charge in [-0.3, -0.25) is 4.79 Å². The number of rotatable bonds is 5. The second kappa shape index (κ2) is 6.82. The molecule has 1 saturated heterocycles. The molecule has 1 amide bonds. The first-order chi connectivity index (χ1) is 9.24. The number of nitrogens with one attached hydrogen (secondary N) is 2. The van der Waals surface area contributed by atoms with Crippen LogP contribution in [0.3, 0.4) is 0 Å². The van der Waals surface area contributed by atoms with Gasteiger partial charge in [0.25, 0.3) is 0 Å². The Bertz CT molecular complexity index is 451. The van der Waals surface area contributed by atoms with Crippen LogP contribution in [0.15, 0.2) is 23.1 Å². The summed E-state index contributed by atoms with van der Waals surface area (Å²) < 4.78 is 5.36. The van der Waals surface area contributed by atoms with Crippen LogP contribution >= 0.6 is 11.8 Å². The lowest BCUT2D eigenvalue weighted by atomic mass is 10.1. The molecule has 0 bridgehead atoms. The molecule has 0 saturated carbocycles. The third-order valence-electron chi connectivity index (χ3n) is 3.29. The number of hydrogen-bond donors (Lipinski definition) is 2. The third-order valence-corrected chi connectivity index (χ3v) is 4.06. The maximum absolute atomic E-state index is 11.6. The number of methoxy groups -OCH3 is 1. The molecule has 1 aromatic rings. The number of thioether (sulfide) groups is 1. The lowest BCUT2D eigenvalue weighted by molar-refractivity contribution is -0.124. The van der Waals surface area contributed by atoms with Gasteiger partial charge >= 0.3 is 0 Å². The van der Waals surface area contributed by atoms with E-state index in [1.54, 1.807) is 18.9 Å². The minimum atomic E-state index is -0.0695. The molecule has 19 heavy (non-hydrogen) atoms. The van der Waals surface area contributed by atoms with E-state index in [4.69, 9.17) is 4.74 Å². The fraction of sp³-hybridized carbons (Fsp3) is 0.500. The van der Waals surface area contributed by atoms with Crippen molar-refractivity contribution in [1.82, 2.24) is 10.6 Å². The van der Waals surface area contributed by atoms with Crippen molar-refractivity contribution in [3.8, 4) is 5.75 Å². The Morgan fingerprint density at radius 1 is 1.53 bits per heavy atom. The molecule has 1 atom stereocenters. The highest BCUT2D eigenvalue weighted by atomic mass is 32.2. The van der Waals surface area contributed by atoms with Gasteiger partial charge < -0.3 is 15.4 Å². The lowest BCUT2D eigenvalue weighted by Gasteiger charge is -2.23. The summed E-state index contributed by atoms with van der Waals surface area (Å²) in [5.74, 6) is 0.999.